The van der Waals surface area contributed by atoms with Gasteiger partial charge in [-0.05, 0) is 13.8 Å². The van der Waals surface area contributed by atoms with Crippen LogP contribution in [0.2, 0.25) is 0 Å². The van der Waals surface area contributed by atoms with Gasteiger partial charge < -0.3 is 10.2 Å². The van der Waals surface area contributed by atoms with Crippen LogP contribution in [-0.2, 0) is 20.0 Å². The topological polar surface area (TPSA) is 46.0 Å². The van der Waals surface area contributed by atoms with Gasteiger partial charge in [-0.25, -0.2) is 4.98 Å². The Morgan fingerprint density at radius 2 is 2.10 bits per heavy atom. The first-order valence-electron chi connectivity index (χ1n) is 6.80. The van der Waals surface area contributed by atoms with Crippen molar-refractivity contribution in [1.29, 1.82) is 0 Å². The van der Waals surface area contributed by atoms with E-state index in [1.54, 1.807) is 11.3 Å². The number of aryl methyl sites for hydroxylation is 3. The summed E-state index contributed by atoms with van der Waals surface area (Å²) in [6.07, 6.45) is 0.981. The first kappa shape index (κ1) is 15.0. The Labute approximate surface area is 124 Å². The zero-order chi connectivity index (χ0) is 14.7. The lowest BCUT2D eigenvalue weighted by Crippen LogP contribution is -2.20. The lowest BCUT2D eigenvalue weighted by Gasteiger charge is -2.15. The third kappa shape index (κ3) is 3.37. The van der Waals surface area contributed by atoms with Gasteiger partial charge >= 0.3 is 0 Å². The molecule has 1 N–H and O–H groups in total. The van der Waals surface area contributed by atoms with Crippen LogP contribution in [0.5, 0.6) is 0 Å². The van der Waals surface area contributed by atoms with Gasteiger partial charge in [0.1, 0.15) is 5.82 Å². The highest BCUT2D eigenvalue weighted by molar-refractivity contribution is 7.09. The average molecular weight is 293 g/mol. The molecule has 0 aliphatic rings. The maximum absolute atomic E-state index is 4.50. The van der Waals surface area contributed by atoms with Crippen molar-refractivity contribution in [1.82, 2.24) is 20.1 Å². The van der Waals surface area contributed by atoms with E-state index in [2.05, 4.69) is 46.7 Å². The summed E-state index contributed by atoms with van der Waals surface area (Å²) in [6.45, 7) is 5.88. The SMILES string of the molecule is Cc1csc(CCNCc2c(C)nn(C)c2N(C)C)n1. The van der Waals surface area contributed by atoms with Gasteiger partial charge in [-0.2, -0.15) is 5.10 Å². The highest BCUT2D eigenvalue weighted by Crippen LogP contribution is 2.20. The molecular weight excluding hydrogens is 270 g/mol. The van der Waals surface area contributed by atoms with E-state index in [4.69, 9.17) is 0 Å². The molecule has 0 unspecified atom stereocenters. The number of rotatable bonds is 6. The highest BCUT2D eigenvalue weighted by Gasteiger charge is 2.14. The van der Waals surface area contributed by atoms with E-state index < -0.39 is 0 Å². The Hall–Kier alpha value is -1.40. The Morgan fingerprint density at radius 1 is 1.35 bits per heavy atom. The number of hydrogen-bond acceptors (Lipinski definition) is 5. The standard InChI is InChI=1S/C14H23N5S/c1-10-9-20-13(16-10)6-7-15-8-12-11(2)17-19(5)14(12)18(3)4/h9,15H,6-8H2,1-5H3. The molecule has 2 aromatic rings. The molecule has 6 heteroatoms. The number of nitrogens with one attached hydrogen (secondary N) is 1. The first-order chi connectivity index (χ1) is 9.49. The van der Waals surface area contributed by atoms with Crippen LogP contribution in [0.25, 0.3) is 0 Å². The molecule has 0 aromatic carbocycles. The molecule has 2 aromatic heterocycles. The maximum atomic E-state index is 4.50. The summed E-state index contributed by atoms with van der Waals surface area (Å²) in [6, 6.07) is 0. The van der Waals surface area contributed by atoms with Crippen molar-refractivity contribution in [3.63, 3.8) is 0 Å². The van der Waals surface area contributed by atoms with Crippen LogP contribution in [0.15, 0.2) is 5.38 Å². The first-order valence-corrected chi connectivity index (χ1v) is 7.68. The monoisotopic (exact) mass is 293 g/mol. The Kier molecular flexibility index (Phi) is 4.77. The summed E-state index contributed by atoms with van der Waals surface area (Å²) in [5.41, 5.74) is 3.48. The molecule has 0 amide bonds. The van der Waals surface area contributed by atoms with E-state index >= 15 is 0 Å². The summed E-state index contributed by atoms with van der Waals surface area (Å²) in [7, 11) is 6.10. The van der Waals surface area contributed by atoms with Gasteiger partial charge in [0.15, 0.2) is 0 Å². The Balaban J connectivity index is 1.91. The molecule has 0 saturated carbocycles. The number of anilines is 1. The minimum absolute atomic E-state index is 0.845. The quantitative estimate of drug-likeness (QED) is 0.826. The van der Waals surface area contributed by atoms with Gasteiger partial charge in [-0.1, -0.05) is 0 Å². The van der Waals surface area contributed by atoms with E-state index in [1.807, 2.05) is 18.7 Å². The molecule has 0 aliphatic carbocycles. The lowest BCUT2D eigenvalue weighted by atomic mass is 10.2. The average Bonchev–Trinajstić information content (AvgIpc) is 2.89. The van der Waals surface area contributed by atoms with Crippen LogP contribution in [0.4, 0.5) is 5.82 Å². The molecule has 0 saturated heterocycles. The normalized spacial score (nSPS) is 11.1. The van der Waals surface area contributed by atoms with E-state index in [9.17, 15) is 0 Å². The number of nitrogens with zero attached hydrogens (tertiary/aromatic N) is 4. The summed E-state index contributed by atoms with van der Waals surface area (Å²) >= 11 is 1.74. The fraction of sp³-hybridized carbons (Fsp3) is 0.571. The summed E-state index contributed by atoms with van der Waals surface area (Å²) < 4.78 is 1.94. The molecule has 0 aliphatic heterocycles. The van der Waals surface area contributed by atoms with Crippen LogP contribution >= 0.6 is 11.3 Å². The second-order valence-corrected chi connectivity index (χ2v) is 6.16. The largest absolute Gasteiger partial charge is 0.363 e. The molecule has 0 spiro atoms. The van der Waals surface area contributed by atoms with E-state index in [1.165, 1.54) is 16.4 Å². The third-order valence-corrected chi connectivity index (χ3v) is 4.25. The van der Waals surface area contributed by atoms with Crippen molar-refractivity contribution in [3.05, 3.63) is 27.3 Å². The van der Waals surface area contributed by atoms with Crippen LogP contribution in [0, 0.1) is 13.8 Å². The minimum atomic E-state index is 0.845. The zero-order valence-electron chi connectivity index (χ0n) is 12.9. The fourth-order valence-corrected chi connectivity index (χ4v) is 3.16. The number of hydrogen-bond donors (Lipinski definition) is 1. The summed E-state index contributed by atoms with van der Waals surface area (Å²) in [5, 5.41) is 11.3. The maximum Gasteiger partial charge on any atom is 0.130 e. The van der Waals surface area contributed by atoms with E-state index in [-0.39, 0.29) is 0 Å². The molecule has 2 rings (SSSR count). The van der Waals surface area contributed by atoms with Gasteiger partial charge in [-0.15, -0.1) is 11.3 Å². The van der Waals surface area contributed by atoms with Gasteiger partial charge in [0.05, 0.1) is 10.7 Å². The minimum Gasteiger partial charge on any atom is -0.363 e. The molecule has 0 bridgehead atoms. The van der Waals surface area contributed by atoms with Crippen molar-refractivity contribution in [2.24, 2.45) is 7.05 Å². The van der Waals surface area contributed by atoms with Crippen molar-refractivity contribution in [3.8, 4) is 0 Å². The van der Waals surface area contributed by atoms with Gasteiger partial charge in [-0.3, -0.25) is 4.68 Å². The predicted octanol–water partition coefficient (Wildman–Crippen LogP) is 1.89. The lowest BCUT2D eigenvalue weighted by molar-refractivity contribution is 0.681. The van der Waals surface area contributed by atoms with Crippen molar-refractivity contribution in [2.45, 2.75) is 26.8 Å². The molecule has 2 heterocycles. The number of aromatic nitrogens is 3. The van der Waals surface area contributed by atoms with Crippen molar-refractivity contribution >= 4 is 17.2 Å². The van der Waals surface area contributed by atoms with Gasteiger partial charge in [0, 0.05) is 57.3 Å². The molecule has 20 heavy (non-hydrogen) atoms. The summed E-state index contributed by atoms with van der Waals surface area (Å²) in [4.78, 5) is 6.59. The van der Waals surface area contributed by atoms with E-state index in [0.717, 1.165) is 30.9 Å². The molecule has 0 atom stereocenters. The van der Waals surface area contributed by atoms with Gasteiger partial charge in [0.2, 0.25) is 0 Å². The summed E-state index contributed by atoms with van der Waals surface area (Å²) in [5.74, 6) is 1.17. The Bertz CT molecular complexity index is 570. The van der Waals surface area contributed by atoms with Crippen molar-refractivity contribution in [2.75, 3.05) is 25.5 Å². The second-order valence-electron chi connectivity index (χ2n) is 5.22. The molecule has 0 radical (unpaired) electrons. The van der Waals surface area contributed by atoms with Crippen LogP contribution in [-0.4, -0.2) is 35.4 Å². The second kappa shape index (κ2) is 6.37. The molecule has 5 nitrogen and oxygen atoms in total. The number of thiazole rings is 1. The van der Waals surface area contributed by atoms with Crippen molar-refractivity contribution < 1.29 is 0 Å². The molecule has 0 fully saturated rings. The Morgan fingerprint density at radius 3 is 2.70 bits per heavy atom. The highest BCUT2D eigenvalue weighted by atomic mass is 32.1. The van der Waals surface area contributed by atoms with Crippen LogP contribution in [0.1, 0.15) is 22.0 Å². The van der Waals surface area contributed by atoms with E-state index in [0.29, 0.717) is 0 Å². The fourth-order valence-electron chi connectivity index (χ4n) is 2.38. The molecular formula is C14H23N5S. The smallest absolute Gasteiger partial charge is 0.130 e. The predicted molar refractivity (Wildman–Crippen MR) is 84.5 cm³/mol. The van der Waals surface area contributed by atoms with Gasteiger partial charge in [0.25, 0.3) is 0 Å². The third-order valence-electron chi connectivity index (χ3n) is 3.22. The molecule has 110 valence electrons. The van der Waals surface area contributed by atoms with Crippen LogP contribution < -0.4 is 10.2 Å². The van der Waals surface area contributed by atoms with Crippen LogP contribution in [0.3, 0.4) is 0 Å². The zero-order valence-corrected chi connectivity index (χ0v) is 13.7.